The molecule has 1 heterocycles. The Morgan fingerprint density at radius 2 is 2.08 bits per heavy atom. The van der Waals surface area contributed by atoms with Gasteiger partial charge in [-0.25, -0.2) is 4.79 Å². The fourth-order valence-electron chi connectivity index (χ4n) is 2.14. The van der Waals surface area contributed by atoms with E-state index in [2.05, 4.69) is 0 Å². The number of ether oxygens (including phenoxy) is 3. The molecule has 0 aliphatic rings. The zero-order valence-corrected chi connectivity index (χ0v) is 13.8. The summed E-state index contributed by atoms with van der Waals surface area (Å²) in [6.07, 6.45) is -0.862. The Labute approximate surface area is 142 Å². The first-order valence-corrected chi connectivity index (χ1v) is 7.61. The molecule has 0 bridgehead atoms. The molecule has 1 N–H and O–H groups in total. The normalized spacial score (nSPS) is 11.8. The minimum absolute atomic E-state index is 0.134. The minimum Gasteiger partial charge on any atom is -0.489 e. The molecule has 25 heavy (non-hydrogen) atoms. The van der Waals surface area contributed by atoms with Crippen molar-refractivity contribution >= 4 is 22.9 Å². The molecule has 1 atom stereocenters. The van der Waals surface area contributed by atoms with Crippen LogP contribution in [-0.2, 0) is 14.3 Å². The molecule has 1 unspecified atom stereocenters. The van der Waals surface area contributed by atoms with Crippen LogP contribution in [0.1, 0.15) is 24.4 Å². The second kappa shape index (κ2) is 8.29. The molecule has 0 saturated heterocycles. The van der Waals surface area contributed by atoms with Crippen LogP contribution in [0.3, 0.4) is 0 Å². The van der Waals surface area contributed by atoms with E-state index in [-0.39, 0.29) is 35.7 Å². The van der Waals surface area contributed by atoms with Crippen LogP contribution >= 0.6 is 0 Å². The molecular formula is C17H18O8. The summed E-state index contributed by atoms with van der Waals surface area (Å²) in [6, 6.07) is 5.66. The van der Waals surface area contributed by atoms with Crippen molar-refractivity contribution in [1.29, 1.82) is 0 Å². The van der Waals surface area contributed by atoms with Gasteiger partial charge in [0.25, 0.3) is 0 Å². The number of hydrogen-bond donors (Lipinski definition) is 1. The number of carbonyl (C=O) groups excluding carboxylic acids is 2. The smallest absolute Gasteiger partial charge is 0.374 e. The third-order valence-electron chi connectivity index (χ3n) is 3.15. The Balaban J connectivity index is 2.31. The van der Waals surface area contributed by atoms with Gasteiger partial charge in [0.05, 0.1) is 13.2 Å². The van der Waals surface area contributed by atoms with Gasteiger partial charge >= 0.3 is 11.9 Å². The molecule has 0 radical (unpaired) electrons. The van der Waals surface area contributed by atoms with E-state index < -0.39 is 30.1 Å². The van der Waals surface area contributed by atoms with Crippen LogP contribution in [0.2, 0.25) is 0 Å². The largest absolute Gasteiger partial charge is 0.489 e. The third-order valence-corrected chi connectivity index (χ3v) is 3.15. The highest BCUT2D eigenvalue weighted by molar-refractivity contribution is 5.90. The van der Waals surface area contributed by atoms with Crippen LogP contribution in [0.5, 0.6) is 5.75 Å². The highest BCUT2D eigenvalue weighted by Crippen LogP contribution is 2.24. The number of benzene rings is 1. The first kappa shape index (κ1) is 18.5. The lowest BCUT2D eigenvalue weighted by molar-refractivity contribution is -0.150. The van der Waals surface area contributed by atoms with E-state index in [9.17, 15) is 19.5 Å². The fourth-order valence-corrected chi connectivity index (χ4v) is 2.14. The minimum atomic E-state index is -0.862. The van der Waals surface area contributed by atoms with Gasteiger partial charge < -0.3 is 23.7 Å². The first-order valence-electron chi connectivity index (χ1n) is 7.61. The highest BCUT2D eigenvalue weighted by atomic mass is 16.6. The Hall–Kier alpha value is -2.87. The van der Waals surface area contributed by atoms with Crippen molar-refractivity contribution < 1.29 is 33.3 Å². The summed E-state index contributed by atoms with van der Waals surface area (Å²) >= 11 is 0. The molecule has 0 aliphatic carbocycles. The molecule has 0 aliphatic heterocycles. The van der Waals surface area contributed by atoms with Crippen molar-refractivity contribution in [3.8, 4) is 5.75 Å². The van der Waals surface area contributed by atoms with Gasteiger partial charge in [-0.2, -0.15) is 0 Å². The molecule has 8 nitrogen and oxygen atoms in total. The lowest BCUT2D eigenvalue weighted by Crippen LogP contribution is -2.27. The molecule has 0 amide bonds. The topological polar surface area (TPSA) is 112 Å². The Morgan fingerprint density at radius 3 is 2.72 bits per heavy atom. The summed E-state index contributed by atoms with van der Waals surface area (Å²) < 4.78 is 20.6. The van der Waals surface area contributed by atoms with E-state index in [1.807, 2.05) is 0 Å². The van der Waals surface area contributed by atoms with Crippen molar-refractivity contribution in [1.82, 2.24) is 0 Å². The standard InChI is InChI=1S/C17H18O8/c1-3-22-17(21)15-7-12(20)16-13(5-4-6-14(16)25-15)23-9-11(8-18)24-10(2)19/h4-7,11,18H,3,8-9H2,1-2H3. The van der Waals surface area contributed by atoms with Gasteiger partial charge in [0.1, 0.15) is 23.3 Å². The van der Waals surface area contributed by atoms with Crippen LogP contribution in [0, 0.1) is 0 Å². The van der Waals surface area contributed by atoms with E-state index in [0.717, 1.165) is 6.07 Å². The monoisotopic (exact) mass is 350 g/mol. The van der Waals surface area contributed by atoms with Gasteiger partial charge in [-0.05, 0) is 19.1 Å². The maximum atomic E-state index is 12.3. The molecule has 0 spiro atoms. The summed E-state index contributed by atoms with van der Waals surface area (Å²) in [5, 5.41) is 9.31. The van der Waals surface area contributed by atoms with Gasteiger partial charge in [0.2, 0.25) is 5.76 Å². The Bertz CT molecular complexity index is 823. The average molecular weight is 350 g/mol. The van der Waals surface area contributed by atoms with Crippen LogP contribution < -0.4 is 10.2 Å². The summed E-state index contributed by atoms with van der Waals surface area (Å²) in [7, 11) is 0. The van der Waals surface area contributed by atoms with Crippen LogP contribution in [0.25, 0.3) is 11.0 Å². The predicted octanol–water partition coefficient (Wildman–Crippen LogP) is 1.27. The third kappa shape index (κ3) is 4.57. The second-order valence-electron chi connectivity index (χ2n) is 5.05. The maximum absolute atomic E-state index is 12.3. The first-order chi connectivity index (χ1) is 12.0. The summed E-state index contributed by atoms with van der Waals surface area (Å²) in [4.78, 5) is 35.0. The lowest BCUT2D eigenvalue weighted by atomic mass is 10.2. The van der Waals surface area contributed by atoms with Crippen LogP contribution in [-0.4, -0.2) is 43.0 Å². The highest BCUT2D eigenvalue weighted by Gasteiger charge is 2.17. The Kier molecular flexibility index (Phi) is 6.13. The molecule has 8 heteroatoms. The van der Waals surface area contributed by atoms with Crippen molar-refractivity contribution in [2.24, 2.45) is 0 Å². The molecule has 2 aromatic rings. The molecule has 0 fully saturated rings. The maximum Gasteiger partial charge on any atom is 0.374 e. The van der Waals surface area contributed by atoms with Crippen LogP contribution in [0.15, 0.2) is 33.5 Å². The summed E-state index contributed by atoms with van der Waals surface area (Å²) in [6.45, 7) is 2.44. The Morgan fingerprint density at radius 1 is 1.32 bits per heavy atom. The summed E-state index contributed by atoms with van der Waals surface area (Å²) in [5.41, 5.74) is -0.325. The lowest BCUT2D eigenvalue weighted by Gasteiger charge is -2.16. The fraction of sp³-hybridized carbons (Fsp3) is 0.353. The SMILES string of the molecule is CCOC(=O)c1cc(=O)c2c(OCC(CO)OC(C)=O)cccc2o1. The molecule has 2 rings (SSSR count). The zero-order chi connectivity index (χ0) is 18.4. The number of aliphatic hydroxyl groups is 1. The van der Waals surface area contributed by atoms with Crippen LogP contribution in [0.4, 0.5) is 0 Å². The molecule has 1 aromatic heterocycles. The van der Waals surface area contributed by atoms with Gasteiger partial charge in [0, 0.05) is 13.0 Å². The number of carbonyl (C=O) groups is 2. The van der Waals surface area contributed by atoms with E-state index in [1.54, 1.807) is 13.0 Å². The molecule has 134 valence electrons. The van der Waals surface area contributed by atoms with Crippen molar-refractivity contribution in [3.05, 3.63) is 40.2 Å². The number of rotatable bonds is 7. The van der Waals surface area contributed by atoms with Crippen molar-refractivity contribution in [2.45, 2.75) is 20.0 Å². The van der Waals surface area contributed by atoms with Gasteiger partial charge in [-0.3, -0.25) is 9.59 Å². The van der Waals surface area contributed by atoms with Crippen molar-refractivity contribution in [3.63, 3.8) is 0 Å². The van der Waals surface area contributed by atoms with Crippen molar-refractivity contribution in [2.75, 3.05) is 19.8 Å². The predicted molar refractivity (Wildman–Crippen MR) is 86.6 cm³/mol. The number of fused-ring (bicyclic) bond motifs is 1. The van der Waals surface area contributed by atoms with E-state index >= 15 is 0 Å². The van der Waals surface area contributed by atoms with Gasteiger partial charge in [-0.15, -0.1) is 0 Å². The number of hydrogen-bond acceptors (Lipinski definition) is 8. The van der Waals surface area contributed by atoms with Gasteiger partial charge in [0.15, 0.2) is 11.5 Å². The summed E-state index contributed by atoms with van der Waals surface area (Å²) in [5.74, 6) is -1.31. The number of esters is 2. The molecular weight excluding hydrogens is 332 g/mol. The average Bonchev–Trinajstić information content (AvgIpc) is 2.58. The van der Waals surface area contributed by atoms with Gasteiger partial charge in [-0.1, -0.05) is 6.07 Å². The quantitative estimate of drug-likeness (QED) is 0.743. The van der Waals surface area contributed by atoms with E-state index in [1.165, 1.54) is 19.1 Å². The number of aliphatic hydroxyl groups excluding tert-OH is 1. The van der Waals surface area contributed by atoms with E-state index in [0.29, 0.717) is 0 Å². The molecule has 1 aromatic carbocycles. The molecule has 0 saturated carbocycles. The zero-order valence-electron chi connectivity index (χ0n) is 13.8. The van der Waals surface area contributed by atoms with E-state index in [4.69, 9.17) is 18.6 Å². The second-order valence-corrected chi connectivity index (χ2v) is 5.05.